The van der Waals surface area contributed by atoms with Crippen LogP contribution in [0.2, 0.25) is 5.15 Å². The molecule has 18 heavy (non-hydrogen) atoms. The second kappa shape index (κ2) is 5.30. The molecule has 96 valence electrons. The van der Waals surface area contributed by atoms with Crippen molar-refractivity contribution in [2.75, 3.05) is 5.32 Å². The number of nitrogens with one attached hydrogen (secondary N) is 1. The normalized spacial score (nSPS) is 10.7. The van der Waals surface area contributed by atoms with E-state index in [0.29, 0.717) is 35.1 Å². The van der Waals surface area contributed by atoms with Gasteiger partial charge in [0.25, 0.3) is 0 Å². The molecule has 7 heteroatoms. The van der Waals surface area contributed by atoms with Crippen LogP contribution in [0, 0.1) is 13.8 Å². The third-order valence-corrected chi connectivity index (χ3v) is 2.80. The number of aryl methyl sites for hydroxylation is 2. The van der Waals surface area contributed by atoms with Crippen LogP contribution in [0.5, 0.6) is 0 Å². The maximum absolute atomic E-state index is 6.04. The van der Waals surface area contributed by atoms with Crippen LogP contribution < -0.4 is 5.32 Å². The fourth-order valence-corrected chi connectivity index (χ4v) is 1.63. The third kappa shape index (κ3) is 2.76. The fraction of sp³-hybridized carbons (Fsp3) is 0.455. The molecule has 0 aliphatic heterocycles. The lowest BCUT2D eigenvalue weighted by Crippen LogP contribution is -2.08. The number of hydrogen-bond acceptors (Lipinski definition) is 6. The van der Waals surface area contributed by atoms with Gasteiger partial charge in [-0.3, -0.25) is 0 Å². The Kier molecular flexibility index (Phi) is 3.76. The molecule has 1 N–H and O–H groups in total. The molecule has 0 atom stereocenters. The lowest BCUT2D eigenvalue weighted by atomic mass is 10.3. The Morgan fingerprint density at radius 1 is 1.17 bits per heavy atom. The van der Waals surface area contributed by atoms with Crippen LogP contribution >= 0.6 is 11.6 Å². The van der Waals surface area contributed by atoms with Gasteiger partial charge in [-0.25, -0.2) is 9.97 Å². The van der Waals surface area contributed by atoms with Crippen LogP contribution in [0.4, 0.5) is 5.82 Å². The molecule has 0 spiro atoms. The molecule has 0 saturated carbocycles. The standard InChI is InChI=1S/C11H14ClN5O/c1-4-8-15-10(12)6(2)11(16-8)13-5-9-14-7(3)18-17-9/h4-5H2,1-3H3,(H,13,15,16). The second-order valence-electron chi connectivity index (χ2n) is 3.84. The Labute approximate surface area is 110 Å². The largest absolute Gasteiger partial charge is 0.362 e. The number of rotatable bonds is 4. The van der Waals surface area contributed by atoms with Crippen molar-refractivity contribution in [3.63, 3.8) is 0 Å². The zero-order valence-corrected chi connectivity index (χ0v) is 11.2. The maximum Gasteiger partial charge on any atom is 0.223 e. The van der Waals surface area contributed by atoms with Gasteiger partial charge in [-0.05, 0) is 6.92 Å². The van der Waals surface area contributed by atoms with Crippen molar-refractivity contribution >= 4 is 17.4 Å². The summed E-state index contributed by atoms with van der Waals surface area (Å²) in [6, 6.07) is 0. The van der Waals surface area contributed by atoms with E-state index in [1.54, 1.807) is 6.92 Å². The molecule has 0 saturated heterocycles. The molecule has 0 amide bonds. The lowest BCUT2D eigenvalue weighted by Gasteiger charge is -2.09. The minimum absolute atomic E-state index is 0.439. The van der Waals surface area contributed by atoms with Crippen LogP contribution in [-0.2, 0) is 13.0 Å². The number of nitrogens with zero attached hydrogens (tertiary/aromatic N) is 4. The summed E-state index contributed by atoms with van der Waals surface area (Å²) in [5, 5.41) is 7.40. The van der Waals surface area contributed by atoms with Gasteiger partial charge >= 0.3 is 0 Å². The molecule has 0 unspecified atom stereocenters. The van der Waals surface area contributed by atoms with E-state index in [9.17, 15) is 0 Å². The molecule has 2 aromatic rings. The Bertz CT molecular complexity index is 554. The summed E-state index contributed by atoms with van der Waals surface area (Å²) < 4.78 is 4.89. The summed E-state index contributed by atoms with van der Waals surface area (Å²) in [6.07, 6.45) is 0.732. The van der Waals surface area contributed by atoms with Crippen molar-refractivity contribution in [3.8, 4) is 0 Å². The molecule has 0 radical (unpaired) electrons. The van der Waals surface area contributed by atoms with E-state index < -0.39 is 0 Å². The molecule has 0 aliphatic carbocycles. The molecular formula is C11H14ClN5O. The first-order valence-electron chi connectivity index (χ1n) is 5.66. The molecule has 6 nitrogen and oxygen atoms in total. The first-order chi connectivity index (χ1) is 8.60. The molecule has 0 aliphatic rings. The van der Waals surface area contributed by atoms with Gasteiger partial charge in [-0.1, -0.05) is 23.7 Å². The third-order valence-electron chi connectivity index (χ3n) is 2.43. The molecule has 0 bridgehead atoms. The number of halogens is 1. The highest BCUT2D eigenvalue weighted by atomic mass is 35.5. The van der Waals surface area contributed by atoms with Gasteiger partial charge in [0.1, 0.15) is 16.8 Å². The Morgan fingerprint density at radius 2 is 1.94 bits per heavy atom. The average molecular weight is 268 g/mol. The van der Waals surface area contributed by atoms with Crippen LogP contribution in [0.1, 0.15) is 30.0 Å². The maximum atomic E-state index is 6.04. The smallest absolute Gasteiger partial charge is 0.223 e. The Morgan fingerprint density at radius 3 is 2.56 bits per heavy atom. The molecule has 0 aromatic carbocycles. The highest BCUT2D eigenvalue weighted by Crippen LogP contribution is 2.20. The van der Waals surface area contributed by atoms with Gasteiger partial charge in [0, 0.05) is 18.9 Å². The summed E-state index contributed by atoms with van der Waals surface area (Å²) in [6.45, 7) is 6.03. The van der Waals surface area contributed by atoms with Gasteiger partial charge in [-0.15, -0.1) is 0 Å². The summed E-state index contributed by atoms with van der Waals surface area (Å²) >= 11 is 6.04. The quantitative estimate of drug-likeness (QED) is 0.857. The summed E-state index contributed by atoms with van der Waals surface area (Å²) in [4.78, 5) is 12.7. The topological polar surface area (TPSA) is 76.7 Å². The number of aromatic nitrogens is 4. The van der Waals surface area contributed by atoms with Crippen molar-refractivity contribution in [2.24, 2.45) is 0 Å². The van der Waals surface area contributed by atoms with Crippen LogP contribution in [0.15, 0.2) is 4.52 Å². The SMILES string of the molecule is CCc1nc(Cl)c(C)c(NCc2noc(C)n2)n1. The summed E-state index contributed by atoms with van der Waals surface area (Å²) in [5.74, 6) is 2.53. The van der Waals surface area contributed by atoms with Crippen molar-refractivity contribution < 1.29 is 4.52 Å². The summed E-state index contributed by atoms with van der Waals surface area (Å²) in [5.41, 5.74) is 0.814. The van der Waals surface area contributed by atoms with Crippen molar-refractivity contribution in [1.29, 1.82) is 0 Å². The van der Waals surface area contributed by atoms with E-state index in [1.165, 1.54) is 0 Å². The first kappa shape index (κ1) is 12.8. The highest BCUT2D eigenvalue weighted by molar-refractivity contribution is 6.30. The minimum Gasteiger partial charge on any atom is -0.362 e. The zero-order valence-electron chi connectivity index (χ0n) is 10.5. The Hall–Kier alpha value is -1.69. The Balaban J connectivity index is 2.15. The van der Waals surface area contributed by atoms with Gasteiger partial charge < -0.3 is 9.84 Å². The minimum atomic E-state index is 0.439. The number of anilines is 1. The molecular weight excluding hydrogens is 254 g/mol. The molecule has 2 rings (SSSR count). The van der Waals surface area contributed by atoms with E-state index in [0.717, 1.165) is 12.0 Å². The predicted molar refractivity (Wildman–Crippen MR) is 67.5 cm³/mol. The molecule has 0 fully saturated rings. The van der Waals surface area contributed by atoms with Crippen molar-refractivity contribution in [2.45, 2.75) is 33.7 Å². The second-order valence-corrected chi connectivity index (χ2v) is 4.20. The van der Waals surface area contributed by atoms with E-state index >= 15 is 0 Å². The average Bonchev–Trinajstić information content (AvgIpc) is 2.77. The van der Waals surface area contributed by atoms with Gasteiger partial charge in [0.2, 0.25) is 5.89 Å². The van der Waals surface area contributed by atoms with E-state index in [1.807, 2.05) is 13.8 Å². The monoisotopic (exact) mass is 267 g/mol. The molecule has 2 aromatic heterocycles. The van der Waals surface area contributed by atoms with Crippen LogP contribution in [0.3, 0.4) is 0 Å². The van der Waals surface area contributed by atoms with Gasteiger partial charge in [0.05, 0.1) is 6.54 Å². The first-order valence-corrected chi connectivity index (χ1v) is 6.04. The van der Waals surface area contributed by atoms with E-state index in [4.69, 9.17) is 16.1 Å². The number of hydrogen-bond donors (Lipinski definition) is 1. The fourth-order valence-electron chi connectivity index (χ4n) is 1.44. The van der Waals surface area contributed by atoms with Crippen LogP contribution in [-0.4, -0.2) is 20.1 Å². The van der Waals surface area contributed by atoms with Gasteiger partial charge in [0.15, 0.2) is 5.82 Å². The zero-order chi connectivity index (χ0) is 13.1. The lowest BCUT2D eigenvalue weighted by molar-refractivity contribution is 0.388. The van der Waals surface area contributed by atoms with E-state index in [-0.39, 0.29) is 0 Å². The summed E-state index contributed by atoms with van der Waals surface area (Å²) in [7, 11) is 0. The molecule has 2 heterocycles. The van der Waals surface area contributed by atoms with Crippen molar-refractivity contribution in [3.05, 3.63) is 28.3 Å². The highest BCUT2D eigenvalue weighted by Gasteiger charge is 2.09. The predicted octanol–water partition coefficient (Wildman–Crippen LogP) is 2.30. The van der Waals surface area contributed by atoms with Crippen LogP contribution in [0.25, 0.3) is 0 Å². The van der Waals surface area contributed by atoms with E-state index in [2.05, 4.69) is 25.4 Å². The van der Waals surface area contributed by atoms with Gasteiger partial charge in [-0.2, -0.15) is 4.98 Å². The van der Waals surface area contributed by atoms with Crippen molar-refractivity contribution in [1.82, 2.24) is 20.1 Å².